The highest BCUT2D eigenvalue weighted by Gasteiger charge is 2.15. The number of nitrogens with zero attached hydrogens (tertiary/aromatic N) is 2. The molecule has 0 aromatic carbocycles. The molecule has 3 N–H and O–H groups in total. The van der Waals surface area contributed by atoms with Crippen molar-refractivity contribution in [3.8, 4) is 0 Å². The fourth-order valence-corrected chi connectivity index (χ4v) is 2.08. The zero-order chi connectivity index (χ0) is 14.8. The third kappa shape index (κ3) is 5.35. The molecule has 1 aromatic rings. The van der Waals surface area contributed by atoms with Crippen molar-refractivity contribution in [2.45, 2.75) is 32.6 Å². The van der Waals surface area contributed by atoms with Crippen molar-refractivity contribution in [1.29, 1.82) is 0 Å². The molecule has 0 radical (unpaired) electrons. The van der Waals surface area contributed by atoms with E-state index in [1.165, 1.54) is 11.3 Å². The Balaban J connectivity index is 2.58. The maximum absolute atomic E-state index is 11.3. The number of primary amides is 1. The average molecular weight is 298 g/mol. The van der Waals surface area contributed by atoms with E-state index in [-0.39, 0.29) is 5.71 Å². The van der Waals surface area contributed by atoms with Crippen molar-refractivity contribution in [1.82, 2.24) is 4.98 Å². The molecule has 0 unspecified atom stereocenters. The average Bonchev–Trinajstić information content (AvgIpc) is 2.86. The molecule has 2 amide bonds. The van der Waals surface area contributed by atoms with Gasteiger partial charge in [-0.05, 0) is 12.8 Å². The first kappa shape index (κ1) is 16.1. The van der Waals surface area contributed by atoms with Gasteiger partial charge in [0, 0.05) is 5.38 Å². The number of aromatic nitrogens is 1. The zero-order valence-electron chi connectivity index (χ0n) is 11.3. The summed E-state index contributed by atoms with van der Waals surface area (Å²) in [4.78, 5) is 30.7. The van der Waals surface area contributed by atoms with E-state index >= 15 is 0 Å². The molecule has 20 heavy (non-hydrogen) atoms. The lowest BCUT2D eigenvalue weighted by Crippen LogP contribution is -2.25. The van der Waals surface area contributed by atoms with Gasteiger partial charge in [0.05, 0.1) is 0 Å². The molecule has 0 saturated heterocycles. The molecule has 110 valence electrons. The van der Waals surface area contributed by atoms with E-state index in [4.69, 9.17) is 10.6 Å². The molecule has 0 aliphatic carbocycles. The van der Waals surface area contributed by atoms with E-state index < -0.39 is 5.91 Å². The van der Waals surface area contributed by atoms with Crippen LogP contribution in [0.1, 0.15) is 38.3 Å². The molecule has 1 heterocycles. The summed E-state index contributed by atoms with van der Waals surface area (Å²) in [5.41, 5.74) is 5.49. The molecular weight excluding hydrogens is 280 g/mol. The van der Waals surface area contributed by atoms with E-state index in [1.54, 1.807) is 5.38 Å². The molecule has 0 atom stereocenters. The molecule has 0 bridgehead atoms. The van der Waals surface area contributed by atoms with E-state index in [0.717, 1.165) is 25.7 Å². The molecule has 0 aliphatic rings. The number of thiazole rings is 1. The minimum Gasteiger partial charge on any atom is -0.395 e. The van der Waals surface area contributed by atoms with Gasteiger partial charge in [-0.2, -0.15) is 0 Å². The summed E-state index contributed by atoms with van der Waals surface area (Å²) in [5.74, 6) is -0.721. The van der Waals surface area contributed by atoms with Crippen molar-refractivity contribution >= 4 is 34.5 Å². The van der Waals surface area contributed by atoms with Crippen molar-refractivity contribution < 1.29 is 14.4 Å². The summed E-state index contributed by atoms with van der Waals surface area (Å²) in [6.45, 7) is 2.55. The van der Waals surface area contributed by atoms with Crippen LogP contribution in [0.4, 0.5) is 5.13 Å². The second-order valence-corrected chi connectivity index (χ2v) is 4.86. The van der Waals surface area contributed by atoms with Gasteiger partial charge in [-0.25, -0.2) is 4.98 Å². The van der Waals surface area contributed by atoms with Gasteiger partial charge in [0.15, 0.2) is 10.8 Å². The summed E-state index contributed by atoms with van der Waals surface area (Å²) in [7, 11) is 0. The Labute approximate surface area is 121 Å². The van der Waals surface area contributed by atoms with Gasteiger partial charge in [0.1, 0.15) is 12.3 Å². The van der Waals surface area contributed by atoms with Gasteiger partial charge in [-0.15, -0.1) is 11.3 Å². The van der Waals surface area contributed by atoms with Crippen molar-refractivity contribution in [2.24, 2.45) is 10.9 Å². The summed E-state index contributed by atoms with van der Waals surface area (Å²) in [6, 6.07) is 0. The number of hydrogen-bond donors (Lipinski definition) is 2. The zero-order valence-corrected chi connectivity index (χ0v) is 12.1. The second kappa shape index (κ2) is 9.03. The fraction of sp³-hybridized carbons (Fsp3) is 0.500. The van der Waals surface area contributed by atoms with Gasteiger partial charge in [0.25, 0.3) is 5.91 Å². The van der Waals surface area contributed by atoms with Crippen molar-refractivity contribution in [2.75, 3.05) is 11.9 Å². The van der Waals surface area contributed by atoms with E-state index in [2.05, 4.69) is 22.4 Å². The Hall–Kier alpha value is -1.96. The monoisotopic (exact) mass is 298 g/mol. The number of amides is 2. The van der Waals surface area contributed by atoms with Crippen molar-refractivity contribution in [3.63, 3.8) is 0 Å². The largest absolute Gasteiger partial charge is 0.395 e. The summed E-state index contributed by atoms with van der Waals surface area (Å²) < 4.78 is 0. The maximum atomic E-state index is 11.3. The van der Waals surface area contributed by atoms with Crippen LogP contribution in [0.5, 0.6) is 0 Å². The third-order valence-electron chi connectivity index (χ3n) is 2.41. The van der Waals surface area contributed by atoms with Gasteiger partial charge < -0.3 is 15.9 Å². The van der Waals surface area contributed by atoms with Gasteiger partial charge >= 0.3 is 0 Å². The second-order valence-electron chi connectivity index (χ2n) is 4.00. The molecule has 8 heteroatoms. The lowest BCUT2D eigenvalue weighted by Gasteiger charge is -2.01. The molecule has 1 rings (SSSR count). The molecule has 0 spiro atoms. The van der Waals surface area contributed by atoms with E-state index in [9.17, 15) is 9.59 Å². The number of unbranched alkanes of at least 4 members (excludes halogenated alkanes) is 3. The first-order valence-electron chi connectivity index (χ1n) is 6.34. The molecule has 0 saturated carbocycles. The summed E-state index contributed by atoms with van der Waals surface area (Å²) in [6.07, 6.45) is 4.72. The normalized spacial score (nSPS) is 11.2. The minimum atomic E-state index is -0.721. The van der Waals surface area contributed by atoms with E-state index in [1.807, 2.05) is 0 Å². The number of hydrogen-bond acceptors (Lipinski definition) is 6. The Bertz CT molecular complexity index is 473. The summed E-state index contributed by atoms with van der Waals surface area (Å²) in [5, 5.41) is 8.07. The smallest absolute Gasteiger partial charge is 0.273 e. The number of carbonyl (C=O) groups excluding carboxylic acids is 2. The van der Waals surface area contributed by atoms with Gasteiger partial charge in [-0.1, -0.05) is 24.9 Å². The van der Waals surface area contributed by atoms with Crippen LogP contribution < -0.4 is 11.1 Å². The quantitative estimate of drug-likeness (QED) is 0.295. The molecule has 0 aliphatic heterocycles. The van der Waals surface area contributed by atoms with Crippen LogP contribution >= 0.6 is 11.3 Å². The SMILES string of the molecule is CCCCCCON=C(C(N)=O)c1csc(NC=O)n1. The highest BCUT2D eigenvalue weighted by Crippen LogP contribution is 2.15. The highest BCUT2D eigenvalue weighted by molar-refractivity contribution is 7.14. The van der Waals surface area contributed by atoms with Gasteiger partial charge in [-0.3, -0.25) is 9.59 Å². The van der Waals surface area contributed by atoms with Crippen LogP contribution in [-0.4, -0.2) is 29.6 Å². The molecular formula is C12H18N4O3S. The van der Waals surface area contributed by atoms with Crippen LogP contribution in [0.15, 0.2) is 10.5 Å². The third-order valence-corrected chi connectivity index (χ3v) is 3.18. The lowest BCUT2D eigenvalue weighted by atomic mass is 10.2. The van der Waals surface area contributed by atoms with Crippen LogP contribution in [0, 0.1) is 0 Å². The fourth-order valence-electron chi connectivity index (χ4n) is 1.42. The van der Waals surface area contributed by atoms with E-state index in [0.29, 0.717) is 23.8 Å². The first-order chi connectivity index (χ1) is 9.69. The van der Waals surface area contributed by atoms with Gasteiger partial charge in [0.2, 0.25) is 6.41 Å². The van der Waals surface area contributed by atoms with Crippen LogP contribution in [0.2, 0.25) is 0 Å². The Morgan fingerprint density at radius 3 is 3.00 bits per heavy atom. The number of rotatable bonds is 10. The minimum absolute atomic E-state index is 0.0457. The standard InChI is InChI=1S/C12H18N4O3S/c1-2-3-4-5-6-19-16-10(11(13)18)9-7-20-12(15-9)14-8-17/h7-8H,2-6H2,1H3,(H2,13,18)(H,14,15,17). The van der Waals surface area contributed by atoms with Crippen LogP contribution in [0.3, 0.4) is 0 Å². The number of carbonyl (C=O) groups is 2. The Morgan fingerprint density at radius 1 is 1.55 bits per heavy atom. The number of nitrogens with two attached hydrogens (primary N) is 1. The molecule has 7 nitrogen and oxygen atoms in total. The van der Waals surface area contributed by atoms with Crippen LogP contribution in [-0.2, 0) is 14.4 Å². The number of nitrogens with one attached hydrogen (secondary N) is 1. The predicted molar refractivity (Wildman–Crippen MR) is 77.6 cm³/mol. The lowest BCUT2D eigenvalue weighted by molar-refractivity contribution is -0.112. The Kier molecular flexibility index (Phi) is 7.26. The first-order valence-corrected chi connectivity index (χ1v) is 7.22. The molecule has 1 aromatic heterocycles. The van der Waals surface area contributed by atoms with Crippen LogP contribution in [0.25, 0.3) is 0 Å². The Morgan fingerprint density at radius 2 is 2.35 bits per heavy atom. The summed E-state index contributed by atoms with van der Waals surface area (Å²) >= 11 is 1.17. The number of oxime groups is 1. The maximum Gasteiger partial charge on any atom is 0.273 e. The topological polar surface area (TPSA) is 107 Å². The van der Waals surface area contributed by atoms with Crippen molar-refractivity contribution in [3.05, 3.63) is 11.1 Å². The number of anilines is 1. The predicted octanol–water partition coefficient (Wildman–Crippen LogP) is 1.50. The highest BCUT2D eigenvalue weighted by atomic mass is 32.1. The molecule has 0 fully saturated rings.